The second-order valence-electron chi connectivity index (χ2n) is 6.45. The summed E-state index contributed by atoms with van der Waals surface area (Å²) in [6.45, 7) is 0. The van der Waals surface area contributed by atoms with Crippen molar-refractivity contribution in [3.8, 4) is 5.75 Å². The van der Waals surface area contributed by atoms with E-state index in [1.807, 2.05) is 0 Å². The Labute approximate surface area is 166 Å². The van der Waals surface area contributed by atoms with E-state index in [1.54, 1.807) is 61.7 Å². The van der Waals surface area contributed by atoms with Gasteiger partial charge in [0.25, 0.3) is 17.7 Å². The number of nitrogens with two attached hydrogens (primary N) is 1. The second-order valence-corrected chi connectivity index (χ2v) is 6.45. The standard InChI is InChI=1S/C22H17N3O4/c1-29-15-9-6-13(7-10-15)20(26)24-18-4-2-3-5-19(18)25-21(27)16-11-8-14(23)12-17(16)22(25)28/h2-12H,23H2,1H3,(H,24,26). The summed E-state index contributed by atoms with van der Waals surface area (Å²) in [7, 11) is 1.54. The van der Waals surface area contributed by atoms with Crippen LogP contribution in [0.1, 0.15) is 31.1 Å². The molecule has 0 saturated heterocycles. The summed E-state index contributed by atoms with van der Waals surface area (Å²) in [4.78, 5) is 39.4. The number of hydrogen-bond acceptors (Lipinski definition) is 5. The summed E-state index contributed by atoms with van der Waals surface area (Å²) in [5.41, 5.74) is 7.72. The first kappa shape index (κ1) is 18.2. The molecular formula is C22H17N3O4. The van der Waals surface area contributed by atoms with Crippen LogP contribution in [-0.2, 0) is 0 Å². The van der Waals surface area contributed by atoms with Crippen molar-refractivity contribution < 1.29 is 19.1 Å². The molecule has 1 aliphatic rings. The molecule has 7 nitrogen and oxygen atoms in total. The number of carbonyl (C=O) groups excluding carboxylic acids is 3. The summed E-state index contributed by atoms with van der Waals surface area (Å²) < 4.78 is 5.09. The van der Waals surface area contributed by atoms with E-state index in [0.29, 0.717) is 28.4 Å². The van der Waals surface area contributed by atoms with Crippen molar-refractivity contribution in [3.05, 3.63) is 83.4 Å². The maximum absolute atomic E-state index is 12.9. The van der Waals surface area contributed by atoms with Crippen LogP contribution in [0.3, 0.4) is 0 Å². The highest BCUT2D eigenvalue weighted by Crippen LogP contribution is 2.34. The SMILES string of the molecule is COc1ccc(C(=O)Nc2ccccc2N2C(=O)c3ccc(N)cc3C2=O)cc1. The molecule has 0 fully saturated rings. The molecule has 3 aromatic carbocycles. The normalized spacial score (nSPS) is 12.7. The van der Waals surface area contributed by atoms with Crippen LogP contribution in [0.2, 0.25) is 0 Å². The van der Waals surface area contributed by atoms with Crippen LogP contribution in [0.25, 0.3) is 0 Å². The number of para-hydroxylation sites is 2. The van der Waals surface area contributed by atoms with E-state index >= 15 is 0 Å². The van der Waals surface area contributed by atoms with E-state index in [4.69, 9.17) is 10.5 Å². The fourth-order valence-electron chi connectivity index (χ4n) is 3.19. The average molecular weight is 387 g/mol. The van der Waals surface area contributed by atoms with Gasteiger partial charge in [0.2, 0.25) is 0 Å². The first-order valence-corrected chi connectivity index (χ1v) is 8.82. The molecule has 0 aliphatic carbocycles. The topological polar surface area (TPSA) is 102 Å². The summed E-state index contributed by atoms with van der Waals surface area (Å²) in [5.74, 6) is -0.687. The molecule has 144 valence electrons. The predicted octanol–water partition coefficient (Wildman–Crippen LogP) is 3.33. The van der Waals surface area contributed by atoms with E-state index in [-0.39, 0.29) is 17.0 Å². The molecule has 0 radical (unpaired) electrons. The van der Waals surface area contributed by atoms with Crippen molar-refractivity contribution in [2.45, 2.75) is 0 Å². The number of ether oxygens (including phenoxy) is 1. The van der Waals surface area contributed by atoms with Gasteiger partial charge >= 0.3 is 0 Å². The molecule has 3 aromatic rings. The average Bonchev–Trinajstić information content (AvgIpc) is 2.98. The van der Waals surface area contributed by atoms with Crippen molar-refractivity contribution in [2.75, 3.05) is 23.1 Å². The summed E-state index contributed by atoms with van der Waals surface area (Å²) in [5, 5.41) is 2.77. The second kappa shape index (κ2) is 7.12. The Morgan fingerprint density at radius 3 is 2.34 bits per heavy atom. The fourth-order valence-corrected chi connectivity index (χ4v) is 3.19. The Bertz CT molecular complexity index is 1140. The number of amides is 3. The molecule has 7 heteroatoms. The molecule has 1 aliphatic heterocycles. The highest BCUT2D eigenvalue weighted by atomic mass is 16.5. The Kier molecular flexibility index (Phi) is 4.48. The number of benzene rings is 3. The number of nitrogens with zero attached hydrogens (tertiary/aromatic N) is 1. The van der Waals surface area contributed by atoms with Crippen LogP contribution in [0, 0.1) is 0 Å². The molecule has 0 spiro atoms. The summed E-state index contributed by atoms with van der Waals surface area (Å²) >= 11 is 0. The van der Waals surface area contributed by atoms with Crippen molar-refractivity contribution in [2.24, 2.45) is 0 Å². The number of methoxy groups -OCH3 is 1. The van der Waals surface area contributed by atoms with Gasteiger partial charge in [0.05, 0.1) is 29.6 Å². The van der Waals surface area contributed by atoms with E-state index in [0.717, 1.165) is 4.90 Å². The van der Waals surface area contributed by atoms with Gasteiger partial charge in [0.1, 0.15) is 5.75 Å². The third-order valence-electron chi connectivity index (χ3n) is 4.66. The van der Waals surface area contributed by atoms with Gasteiger partial charge < -0.3 is 15.8 Å². The maximum atomic E-state index is 12.9. The predicted molar refractivity (Wildman–Crippen MR) is 109 cm³/mol. The molecule has 4 rings (SSSR count). The monoisotopic (exact) mass is 387 g/mol. The largest absolute Gasteiger partial charge is 0.497 e. The minimum Gasteiger partial charge on any atom is -0.497 e. The third kappa shape index (κ3) is 3.19. The Balaban J connectivity index is 1.66. The zero-order valence-electron chi connectivity index (χ0n) is 15.5. The van der Waals surface area contributed by atoms with Gasteiger partial charge in [0, 0.05) is 11.3 Å². The quantitative estimate of drug-likeness (QED) is 0.528. The lowest BCUT2D eigenvalue weighted by molar-refractivity contribution is 0.0924. The highest BCUT2D eigenvalue weighted by molar-refractivity contribution is 6.35. The Hall–Kier alpha value is -4.13. The number of imide groups is 1. The van der Waals surface area contributed by atoms with E-state index in [1.165, 1.54) is 12.1 Å². The first-order chi connectivity index (χ1) is 14.0. The van der Waals surface area contributed by atoms with Crippen molar-refractivity contribution >= 4 is 34.8 Å². The third-order valence-corrected chi connectivity index (χ3v) is 4.66. The maximum Gasteiger partial charge on any atom is 0.266 e. The summed E-state index contributed by atoms with van der Waals surface area (Å²) in [6.07, 6.45) is 0. The molecule has 29 heavy (non-hydrogen) atoms. The summed E-state index contributed by atoms with van der Waals surface area (Å²) in [6, 6.07) is 17.8. The van der Waals surface area contributed by atoms with Crippen molar-refractivity contribution in [3.63, 3.8) is 0 Å². The van der Waals surface area contributed by atoms with Crippen LogP contribution in [0.5, 0.6) is 5.75 Å². The zero-order chi connectivity index (χ0) is 20.5. The van der Waals surface area contributed by atoms with E-state index < -0.39 is 11.8 Å². The minimum absolute atomic E-state index is 0.242. The number of rotatable bonds is 4. The van der Waals surface area contributed by atoms with Gasteiger partial charge in [-0.2, -0.15) is 0 Å². The van der Waals surface area contributed by atoms with Gasteiger partial charge in [-0.25, -0.2) is 4.90 Å². The molecule has 0 unspecified atom stereocenters. The van der Waals surface area contributed by atoms with Gasteiger partial charge in [0.15, 0.2) is 0 Å². The number of nitrogens with one attached hydrogen (secondary N) is 1. The number of nitrogen functional groups attached to an aromatic ring is 1. The number of hydrogen-bond donors (Lipinski definition) is 2. The minimum atomic E-state index is -0.483. The van der Waals surface area contributed by atoms with E-state index in [9.17, 15) is 14.4 Å². The van der Waals surface area contributed by atoms with Crippen LogP contribution in [0.4, 0.5) is 17.1 Å². The molecule has 1 heterocycles. The lowest BCUT2D eigenvalue weighted by atomic mass is 10.1. The van der Waals surface area contributed by atoms with Crippen LogP contribution < -0.4 is 20.7 Å². The smallest absolute Gasteiger partial charge is 0.266 e. The Morgan fingerprint density at radius 2 is 1.62 bits per heavy atom. The number of carbonyl (C=O) groups is 3. The first-order valence-electron chi connectivity index (χ1n) is 8.82. The van der Waals surface area contributed by atoms with Gasteiger partial charge in [-0.1, -0.05) is 12.1 Å². The lowest BCUT2D eigenvalue weighted by Crippen LogP contribution is -2.30. The van der Waals surface area contributed by atoms with Gasteiger partial charge in [-0.3, -0.25) is 14.4 Å². The molecule has 0 saturated carbocycles. The molecule has 3 amide bonds. The van der Waals surface area contributed by atoms with Crippen molar-refractivity contribution in [1.82, 2.24) is 0 Å². The zero-order valence-corrected chi connectivity index (χ0v) is 15.5. The molecule has 0 atom stereocenters. The van der Waals surface area contributed by atoms with Crippen LogP contribution >= 0.6 is 0 Å². The van der Waals surface area contributed by atoms with Crippen LogP contribution in [0.15, 0.2) is 66.7 Å². The molecule has 0 aromatic heterocycles. The highest BCUT2D eigenvalue weighted by Gasteiger charge is 2.37. The van der Waals surface area contributed by atoms with Gasteiger partial charge in [-0.15, -0.1) is 0 Å². The molecule has 3 N–H and O–H groups in total. The molecular weight excluding hydrogens is 370 g/mol. The fraction of sp³-hybridized carbons (Fsp3) is 0.0455. The van der Waals surface area contributed by atoms with E-state index in [2.05, 4.69) is 5.32 Å². The Morgan fingerprint density at radius 1 is 0.931 bits per heavy atom. The number of fused-ring (bicyclic) bond motifs is 1. The lowest BCUT2D eigenvalue weighted by Gasteiger charge is -2.18. The van der Waals surface area contributed by atoms with Crippen molar-refractivity contribution in [1.29, 1.82) is 0 Å². The van der Waals surface area contributed by atoms with Crippen LogP contribution in [-0.4, -0.2) is 24.8 Å². The van der Waals surface area contributed by atoms with Gasteiger partial charge in [-0.05, 0) is 54.6 Å². The molecule has 0 bridgehead atoms. The number of anilines is 3.